The molecule has 2 heterocycles. The molecular formula is C21H19ClN4O. The van der Waals surface area contributed by atoms with Crippen molar-refractivity contribution in [2.75, 3.05) is 0 Å². The Bertz CT molecular complexity index is 1220. The molecule has 0 N–H and O–H groups in total. The molecule has 2 aromatic heterocycles. The van der Waals surface area contributed by atoms with Gasteiger partial charge in [-0.25, -0.2) is 9.36 Å². The van der Waals surface area contributed by atoms with Gasteiger partial charge in [-0.3, -0.25) is 4.79 Å². The van der Waals surface area contributed by atoms with E-state index in [2.05, 4.69) is 16.3 Å². The number of halogens is 1. The zero-order chi connectivity index (χ0) is 19.1. The number of rotatable bonds is 3. The summed E-state index contributed by atoms with van der Waals surface area (Å²) in [4.78, 5) is 13.2. The molecule has 0 radical (unpaired) electrons. The maximum absolute atomic E-state index is 13.2. The maximum atomic E-state index is 13.2. The number of nitrogens with zero attached hydrogens (tertiary/aromatic N) is 4. The fourth-order valence-corrected chi connectivity index (χ4v) is 3.58. The summed E-state index contributed by atoms with van der Waals surface area (Å²) < 4.78 is 3.20. The highest BCUT2D eigenvalue weighted by Gasteiger charge is 2.16. The first-order valence-corrected chi connectivity index (χ1v) is 9.09. The fraction of sp³-hybridized carbons (Fsp3) is 0.190. The molecule has 0 unspecified atom stereocenters. The van der Waals surface area contributed by atoms with Crippen molar-refractivity contribution in [3.63, 3.8) is 0 Å². The predicted molar refractivity (Wildman–Crippen MR) is 108 cm³/mol. The largest absolute Gasteiger partial charge is 0.293 e. The lowest BCUT2D eigenvalue weighted by molar-refractivity contribution is 0.634. The second-order valence-electron chi connectivity index (χ2n) is 6.79. The smallest absolute Gasteiger partial charge is 0.265 e. The van der Waals surface area contributed by atoms with Gasteiger partial charge in [-0.1, -0.05) is 41.4 Å². The molecular weight excluding hydrogens is 360 g/mol. The molecule has 2 aromatic carbocycles. The second kappa shape index (κ2) is 6.67. The quantitative estimate of drug-likeness (QED) is 0.536. The summed E-state index contributed by atoms with van der Waals surface area (Å²) in [5.41, 5.74) is 5.19. The number of benzene rings is 2. The number of aromatic nitrogens is 4. The third-order valence-electron chi connectivity index (χ3n) is 4.67. The minimum Gasteiger partial charge on any atom is -0.265 e. The van der Waals surface area contributed by atoms with E-state index >= 15 is 0 Å². The summed E-state index contributed by atoms with van der Waals surface area (Å²) in [6, 6.07) is 13.6. The molecule has 0 atom stereocenters. The van der Waals surface area contributed by atoms with Crippen molar-refractivity contribution in [1.82, 2.24) is 19.6 Å². The Hall–Kier alpha value is -2.92. The summed E-state index contributed by atoms with van der Waals surface area (Å²) in [7, 11) is 0. The van der Waals surface area contributed by atoms with Gasteiger partial charge < -0.3 is 0 Å². The molecule has 0 aliphatic heterocycles. The van der Waals surface area contributed by atoms with Crippen LogP contribution < -0.4 is 5.56 Å². The Labute approximate surface area is 161 Å². The topological polar surface area (TPSA) is 52.7 Å². The molecule has 4 aromatic rings. The molecule has 0 amide bonds. The first-order chi connectivity index (χ1) is 12.9. The Morgan fingerprint density at radius 1 is 1.07 bits per heavy atom. The van der Waals surface area contributed by atoms with Crippen molar-refractivity contribution in [2.45, 2.75) is 27.3 Å². The molecule has 0 spiro atoms. The normalized spacial score (nSPS) is 11.3. The lowest BCUT2D eigenvalue weighted by Gasteiger charge is -2.11. The van der Waals surface area contributed by atoms with E-state index in [0.717, 1.165) is 27.9 Å². The van der Waals surface area contributed by atoms with Gasteiger partial charge in [0.1, 0.15) is 5.52 Å². The summed E-state index contributed by atoms with van der Waals surface area (Å²) in [5.74, 6) is 0. The minimum absolute atomic E-state index is 0.173. The Morgan fingerprint density at radius 2 is 1.89 bits per heavy atom. The van der Waals surface area contributed by atoms with Crippen molar-refractivity contribution in [2.24, 2.45) is 0 Å². The van der Waals surface area contributed by atoms with Gasteiger partial charge in [-0.2, -0.15) is 10.2 Å². The maximum Gasteiger partial charge on any atom is 0.293 e. The van der Waals surface area contributed by atoms with Crippen LogP contribution in [0.1, 0.15) is 22.4 Å². The average Bonchev–Trinajstić information content (AvgIpc) is 3.05. The molecule has 0 bridgehead atoms. The van der Waals surface area contributed by atoms with E-state index in [-0.39, 0.29) is 5.56 Å². The van der Waals surface area contributed by atoms with Gasteiger partial charge in [-0.15, -0.1) is 0 Å². The summed E-state index contributed by atoms with van der Waals surface area (Å²) in [6.07, 6.45) is 1.71. The van der Waals surface area contributed by atoms with Crippen LogP contribution in [0.15, 0.2) is 53.5 Å². The summed E-state index contributed by atoms with van der Waals surface area (Å²) in [5, 5.41) is 10.4. The first-order valence-electron chi connectivity index (χ1n) is 8.71. The molecule has 0 saturated carbocycles. The van der Waals surface area contributed by atoms with Gasteiger partial charge in [0.05, 0.1) is 24.1 Å². The van der Waals surface area contributed by atoms with Gasteiger partial charge in [0.2, 0.25) is 0 Å². The summed E-state index contributed by atoms with van der Waals surface area (Å²) in [6.45, 7) is 6.32. The number of hydrogen-bond acceptors (Lipinski definition) is 3. The lowest BCUT2D eigenvalue weighted by atomic mass is 10.1. The van der Waals surface area contributed by atoms with Crippen LogP contribution in [0, 0.1) is 20.8 Å². The van der Waals surface area contributed by atoms with E-state index in [4.69, 9.17) is 11.6 Å². The molecule has 27 heavy (non-hydrogen) atoms. The fourth-order valence-electron chi connectivity index (χ4n) is 3.36. The number of aryl methyl sites for hydroxylation is 3. The monoisotopic (exact) mass is 378 g/mol. The summed E-state index contributed by atoms with van der Waals surface area (Å²) >= 11 is 6.07. The molecule has 5 nitrogen and oxygen atoms in total. The highest BCUT2D eigenvalue weighted by atomic mass is 35.5. The second-order valence-corrected chi connectivity index (χ2v) is 7.22. The molecule has 0 saturated heterocycles. The molecule has 0 fully saturated rings. The van der Waals surface area contributed by atoms with E-state index < -0.39 is 0 Å². The van der Waals surface area contributed by atoms with Crippen molar-refractivity contribution < 1.29 is 0 Å². The Balaban J connectivity index is 1.91. The molecule has 0 aliphatic carbocycles. The van der Waals surface area contributed by atoms with Gasteiger partial charge in [0, 0.05) is 10.4 Å². The highest BCUT2D eigenvalue weighted by Crippen LogP contribution is 2.21. The van der Waals surface area contributed by atoms with Crippen LogP contribution in [-0.4, -0.2) is 19.6 Å². The molecule has 6 heteroatoms. The Morgan fingerprint density at radius 3 is 2.63 bits per heavy atom. The third kappa shape index (κ3) is 3.15. The lowest BCUT2D eigenvalue weighted by Crippen LogP contribution is -2.26. The Kier molecular flexibility index (Phi) is 4.32. The molecule has 136 valence electrons. The van der Waals surface area contributed by atoms with Crippen LogP contribution in [0.25, 0.3) is 16.6 Å². The van der Waals surface area contributed by atoms with Crippen molar-refractivity contribution in [1.29, 1.82) is 0 Å². The zero-order valence-corrected chi connectivity index (χ0v) is 16.2. The van der Waals surface area contributed by atoms with Crippen LogP contribution in [0.5, 0.6) is 0 Å². The highest BCUT2D eigenvalue weighted by molar-refractivity contribution is 6.30. The van der Waals surface area contributed by atoms with Crippen molar-refractivity contribution >= 4 is 22.5 Å². The first kappa shape index (κ1) is 17.5. The van der Waals surface area contributed by atoms with Crippen LogP contribution in [0.2, 0.25) is 5.02 Å². The number of hydrogen-bond donors (Lipinski definition) is 0. The van der Waals surface area contributed by atoms with E-state index in [1.807, 2.05) is 57.2 Å². The predicted octanol–water partition coefficient (Wildman–Crippen LogP) is 4.21. The van der Waals surface area contributed by atoms with Crippen LogP contribution in [0.4, 0.5) is 0 Å². The van der Waals surface area contributed by atoms with Crippen molar-refractivity contribution in [3.8, 4) is 5.69 Å². The van der Waals surface area contributed by atoms with Crippen LogP contribution in [-0.2, 0) is 6.54 Å². The van der Waals surface area contributed by atoms with Gasteiger partial charge in [0.25, 0.3) is 5.56 Å². The van der Waals surface area contributed by atoms with E-state index in [1.165, 1.54) is 10.2 Å². The third-order valence-corrected chi connectivity index (χ3v) is 4.90. The standard InChI is InChI=1S/C21H19ClN4O/c1-13-7-8-19(14(2)9-13)26-20-18(11-23-26)15(3)24-25(21(20)27)12-16-5-4-6-17(22)10-16/h4-11H,12H2,1-3H3. The van der Waals surface area contributed by atoms with Crippen LogP contribution in [0.3, 0.4) is 0 Å². The minimum atomic E-state index is -0.173. The van der Waals surface area contributed by atoms with E-state index in [1.54, 1.807) is 10.9 Å². The zero-order valence-electron chi connectivity index (χ0n) is 15.4. The average molecular weight is 379 g/mol. The molecule has 0 aliphatic rings. The number of fused-ring (bicyclic) bond motifs is 1. The molecule has 4 rings (SSSR count). The van der Waals surface area contributed by atoms with E-state index in [0.29, 0.717) is 17.1 Å². The van der Waals surface area contributed by atoms with Crippen molar-refractivity contribution in [3.05, 3.63) is 86.4 Å². The van der Waals surface area contributed by atoms with Gasteiger partial charge >= 0.3 is 0 Å². The van der Waals surface area contributed by atoms with Crippen LogP contribution >= 0.6 is 11.6 Å². The van der Waals surface area contributed by atoms with Gasteiger partial charge in [-0.05, 0) is 50.1 Å². The van der Waals surface area contributed by atoms with E-state index in [9.17, 15) is 4.79 Å². The SMILES string of the molecule is Cc1ccc(-n2ncc3c(C)nn(Cc4cccc(Cl)c4)c(=O)c32)c(C)c1. The van der Waals surface area contributed by atoms with Gasteiger partial charge in [0.15, 0.2) is 0 Å².